The molecule has 1 N–H and O–H groups in total. The lowest BCUT2D eigenvalue weighted by Crippen LogP contribution is -2.26. The van der Waals surface area contributed by atoms with Crippen LogP contribution in [0.1, 0.15) is 51.1 Å². The first-order valence-corrected chi connectivity index (χ1v) is 7.85. The fourth-order valence-corrected chi connectivity index (χ4v) is 2.77. The Bertz CT molecular complexity index is 468. The summed E-state index contributed by atoms with van der Waals surface area (Å²) in [7, 11) is 0. The summed E-state index contributed by atoms with van der Waals surface area (Å²) in [5.41, 5.74) is 1.86. The third-order valence-corrected chi connectivity index (χ3v) is 4.76. The molecular weight excluding hydrogens is 250 g/mol. The molecule has 1 aliphatic carbocycles. The Morgan fingerprint density at radius 1 is 1.20 bits per heavy atom. The summed E-state index contributed by atoms with van der Waals surface area (Å²) >= 11 is 0. The smallest absolute Gasteiger partial charge is 0.161 e. The van der Waals surface area contributed by atoms with Crippen molar-refractivity contribution in [3.63, 3.8) is 0 Å². The van der Waals surface area contributed by atoms with E-state index in [-0.39, 0.29) is 0 Å². The van der Waals surface area contributed by atoms with Gasteiger partial charge >= 0.3 is 0 Å². The van der Waals surface area contributed by atoms with Crippen molar-refractivity contribution >= 4 is 0 Å². The van der Waals surface area contributed by atoms with Crippen LogP contribution in [0.3, 0.4) is 0 Å². The van der Waals surface area contributed by atoms with Gasteiger partial charge in [0.05, 0.1) is 13.2 Å². The molecule has 0 bridgehead atoms. The van der Waals surface area contributed by atoms with Crippen LogP contribution in [-0.2, 0) is 0 Å². The van der Waals surface area contributed by atoms with Crippen LogP contribution in [0.2, 0.25) is 0 Å². The average molecular weight is 275 g/mol. The minimum absolute atomic E-state index is 0.358. The second kappa shape index (κ2) is 5.65. The Balaban J connectivity index is 1.65. The van der Waals surface area contributed by atoms with Crippen molar-refractivity contribution < 1.29 is 9.47 Å². The molecule has 0 aromatic heterocycles. The first kappa shape index (κ1) is 13.7. The van der Waals surface area contributed by atoms with Gasteiger partial charge in [0.15, 0.2) is 11.5 Å². The number of hydrogen-bond donors (Lipinski definition) is 1. The number of rotatable bonds is 5. The first-order valence-electron chi connectivity index (χ1n) is 7.85. The molecule has 1 aromatic rings. The highest BCUT2D eigenvalue weighted by molar-refractivity contribution is 5.44. The molecule has 2 aliphatic rings. The van der Waals surface area contributed by atoms with Gasteiger partial charge < -0.3 is 14.8 Å². The van der Waals surface area contributed by atoms with Gasteiger partial charge in [0.25, 0.3) is 0 Å². The highest BCUT2D eigenvalue weighted by atomic mass is 16.5. The third kappa shape index (κ3) is 2.93. The van der Waals surface area contributed by atoms with E-state index < -0.39 is 0 Å². The van der Waals surface area contributed by atoms with Crippen LogP contribution in [0.15, 0.2) is 18.2 Å². The Hall–Kier alpha value is -1.22. The topological polar surface area (TPSA) is 30.5 Å². The maximum atomic E-state index is 5.77. The summed E-state index contributed by atoms with van der Waals surface area (Å²) in [6.45, 7) is 7.15. The van der Waals surface area contributed by atoms with Crippen molar-refractivity contribution in [3.05, 3.63) is 23.8 Å². The molecule has 1 heterocycles. The zero-order chi connectivity index (χ0) is 14.0. The van der Waals surface area contributed by atoms with Gasteiger partial charge in [-0.05, 0) is 49.3 Å². The molecule has 0 saturated heterocycles. The molecule has 3 nitrogen and oxygen atoms in total. The molecule has 1 unspecified atom stereocenters. The zero-order valence-corrected chi connectivity index (χ0v) is 12.6. The molecule has 1 saturated carbocycles. The lowest BCUT2D eigenvalue weighted by atomic mass is 10.0. The summed E-state index contributed by atoms with van der Waals surface area (Å²) < 4.78 is 11.4. The standard InChI is InChI=1S/C17H25NO2/c1-3-17(7-8-17)12-18-13(2)14-5-6-15-16(11-14)20-10-4-9-19-15/h5-6,11,13,18H,3-4,7-10,12H2,1-2H3. The van der Waals surface area contributed by atoms with Crippen molar-refractivity contribution in [3.8, 4) is 11.5 Å². The van der Waals surface area contributed by atoms with Crippen LogP contribution >= 0.6 is 0 Å². The largest absolute Gasteiger partial charge is 0.490 e. The van der Waals surface area contributed by atoms with E-state index in [0.717, 1.165) is 37.7 Å². The second-order valence-electron chi connectivity index (χ2n) is 6.21. The van der Waals surface area contributed by atoms with E-state index in [4.69, 9.17) is 9.47 Å². The van der Waals surface area contributed by atoms with Crippen molar-refractivity contribution in [1.82, 2.24) is 5.32 Å². The lowest BCUT2D eigenvalue weighted by molar-refractivity contribution is 0.297. The number of benzene rings is 1. The average Bonchev–Trinajstić information content (AvgIpc) is 3.28. The molecule has 1 fully saturated rings. The van der Waals surface area contributed by atoms with Gasteiger partial charge in [-0.2, -0.15) is 0 Å². The molecule has 0 amide bonds. The van der Waals surface area contributed by atoms with Crippen LogP contribution in [0, 0.1) is 5.41 Å². The number of ether oxygens (including phenoxy) is 2. The van der Waals surface area contributed by atoms with E-state index in [1.807, 2.05) is 6.07 Å². The lowest BCUT2D eigenvalue weighted by Gasteiger charge is -2.20. The van der Waals surface area contributed by atoms with Crippen molar-refractivity contribution in [1.29, 1.82) is 0 Å². The highest BCUT2D eigenvalue weighted by Gasteiger charge is 2.40. The summed E-state index contributed by atoms with van der Waals surface area (Å²) in [5, 5.41) is 3.68. The third-order valence-electron chi connectivity index (χ3n) is 4.76. The summed E-state index contributed by atoms with van der Waals surface area (Å²) in [6, 6.07) is 6.68. The molecule has 1 atom stereocenters. The van der Waals surface area contributed by atoms with Crippen LogP contribution in [0.4, 0.5) is 0 Å². The minimum Gasteiger partial charge on any atom is -0.490 e. The number of fused-ring (bicyclic) bond motifs is 1. The van der Waals surface area contributed by atoms with Gasteiger partial charge in [-0.25, -0.2) is 0 Å². The van der Waals surface area contributed by atoms with Crippen LogP contribution in [0.5, 0.6) is 11.5 Å². The zero-order valence-electron chi connectivity index (χ0n) is 12.6. The Labute approximate surface area is 121 Å². The van der Waals surface area contributed by atoms with E-state index in [9.17, 15) is 0 Å². The maximum Gasteiger partial charge on any atom is 0.161 e. The SMILES string of the molecule is CCC1(CNC(C)c2ccc3c(c2)OCCCO3)CC1. The molecular formula is C17H25NO2. The van der Waals surface area contributed by atoms with Crippen LogP contribution < -0.4 is 14.8 Å². The van der Waals surface area contributed by atoms with Crippen LogP contribution in [-0.4, -0.2) is 19.8 Å². The normalized spacial score (nSPS) is 21.1. The van der Waals surface area contributed by atoms with Gasteiger partial charge in [0.1, 0.15) is 0 Å². The van der Waals surface area contributed by atoms with E-state index in [1.54, 1.807) is 0 Å². The quantitative estimate of drug-likeness (QED) is 0.889. The first-order chi connectivity index (χ1) is 9.72. The second-order valence-corrected chi connectivity index (χ2v) is 6.21. The Kier molecular flexibility index (Phi) is 3.88. The highest BCUT2D eigenvalue weighted by Crippen LogP contribution is 2.48. The summed E-state index contributed by atoms with van der Waals surface area (Å²) in [5.74, 6) is 1.77. The Morgan fingerprint density at radius 2 is 1.95 bits per heavy atom. The Morgan fingerprint density at radius 3 is 2.65 bits per heavy atom. The predicted octanol–water partition coefficient (Wildman–Crippen LogP) is 3.69. The molecule has 3 heteroatoms. The fourth-order valence-electron chi connectivity index (χ4n) is 2.77. The predicted molar refractivity (Wildman–Crippen MR) is 80.4 cm³/mol. The van der Waals surface area contributed by atoms with Gasteiger partial charge in [-0.3, -0.25) is 0 Å². The number of nitrogens with one attached hydrogen (secondary N) is 1. The van der Waals surface area contributed by atoms with Gasteiger partial charge in [0, 0.05) is 19.0 Å². The molecule has 110 valence electrons. The molecule has 0 spiro atoms. The van der Waals surface area contributed by atoms with E-state index >= 15 is 0 Å². The molecule has 20 heavy (non-hydrogen) atoms. The summed E-state index contributed by atoms with van der Waals surface area (Å²) in [6.07, 6.45) is 5.00. The van der Waals surface area contributed by atoms with Gasteiger partial charge in [-0.1, -0.05) is 13.0 Å². The van der Waals surface area contributed by atoms with Crippen molar-refractivity contribution in [2.75, 3.05) is 19.8 Å². The fraction of sp³-hybridized carbons (Fsp3) is 0.647. The van der Waals surface area contributed by atoms with Crippen molar-refractivity contribution in [2.24, 2.45) is 5.41 Å². The van der Waals surface area contributed by atoms with E-state index in [0.29, 0.717) is 11.5 Å². The van der Waals surface area contributed by atoms with Crippen molar-refractivity contribution in [2.45, 2.75) is 45.6 Å². The molecule has 1 aliphatic heterocycles. The maximum absolute atomic E-state index is 5.77. The minimum atomic E-state index is 0.358. The van der Waals surface area contributed by atoms with E-state index in [2.05, 4.69) is 31.3 Å². The molecule has 3 rings (SSSR count). The van der Waals surface area contributed by atoms with Gasteiger partial charge in [0.2, 0.25) is 0 Å². The summed E-state index contributed by atoms with van der Waals surface area (Å²) in [4.78, 5) is 0. The van der Waals surface area contributed by atoms with Crippen LogP contribution in [0.25, 0.3) is 0 Å². The van der Waals surface area contributed by atoms with E-state index in [1.165, 1.54) is 24.8 Å². The number of hydrogen-bond acceptors (Lipinski definition) is 3. The molecule has 0 radical (unpaired) electrons. The molecule has 1 aromatic carbocycles. The van der Waals surface area contributed by atoms with Gasteiger partial charge in [-0.15, -0.1) is 0 Å². The monoisotopic (exact) mass is 275 g/mol.